The van der Waals surface area contributed by atoms with Gasteiger partial charge in [-0.15, -0.1) is 0 Å². The van der Waals surface area contributed by atoms with Gasteiger partial charge >= 0.3 is 0 Å². The van der Waals surface area contributed by atoms with Gasteiger partial charge in [-0.3, -0.25) is 4.98 Å². The van der Waals surface area contributed by atoms with Crippen molar-refractivity contribution >= 4 is 5.69 Å². The molecule has 0 saturated heterocycles. The largest absolute Gasteiger partial charge is 0.385 e. The van der Waals surface area contributed by atoms with Crippen molar-refractivity contribution < 1.29 is 4.74 Å². The lowest BCUT2D eigenvalue weighted by Gasteiger charge is -2.19. The smallest absolute Gasteiger partial charge is 0.0895 e. The molecule has 0 aliphatic rings. The molecule has 0 amide bonds. The Balaban J connectivity index is 2.57. The lowest BCUT2D eigenvalue weighted by molar-refractivity contribution is -0.0164. The van der Waals surface area contributed by atoms with E-state index in [1.807, 2.05) is 32.9 Å². The summed E-state index contributed by atoms with van der Waals surface area (Å²) in [7, 11) is 0. The second-order valence-electron chi connectivity index (χ2n) is 4.47. The zero-order valence-electron chi connectivity index (χ0n) is 10.0. The first-order chi connectivity index (χ1) is 7.01. The van der Waals surface area contributed by atoms with Crippen LogP contribution < -0.4 is 5.32 Å². The molecular weight excluding hydrogens is 188 g/mol. The SMILES string of the molecule is CCNc1ccnc(COC(C)(C)C)c1. The van der Waals surface area contributed by atoms with E-state index in [4.69, 9.17) is 4.74 Å². The Labute approximate surface area is 91.9 Å². The van der Waals surface area contributed by atoms with Gasteiger partial charge in [0.2, 0.25) is 0 Å². The topological polar surface area (TPSA) is 34.2 Å². The van der Waals surface area contributed by atoms with Gasteiger partial charge in [-0.2, -0.15) is 0 Å². The van der Waals surface area contributed by atoms with Crippen molar-refractivity contribution in [3.63, 3.8) is 0 Å². The summed E-state index contributed by atoms with van der Waals surface area (Å²) < 4.78 is 5.66. The highest BCUT2D eigenvalue weighted by Gasteiger charge is 2.10. The van der Waals surface area contributed by atoms with E-state index in [0.717, 1.165) is 17.9 Å². The molecule has 1 aromatic heterocycles. The molecule has 0 atom stereocenters. The Morgan fingerprint density at radius 1 is 1.40 bits per heavy atom. The maximum absolute atomic E-state index is 5.66. The predicted molar refractivity (Wildman–Crippen MR) is 62.9 cm³/mol. The highest BCUT2D eigenvalue weighted by Crippen LogP contribution is 2.13. The first-order valence-electron chi connectivity index (χ1n) is 5.34. The lowest BCUT2D eigenvalue weighted by Crippen LogP contribution is -2.19. The predicted octanol–water partition coefficient (Wildman–Crippen LogP) is 2.83. The molecule has 0 unspecified atom stereocenters. The van der Waals surface area contributed by atoms with Crippen LogP contribution >= 0.6 is 0 Å². The standard InChI is InChI=1S/C12H20N2O/c1-5-13-10-6-7-14-11(8-10)9-15-12(2,3)4/h6-8H,5,9H2,1-4H3,(H,13,14). The van der Waals surface area contributed by atoms with E-state index in [1.54, 1.807) is 6.20 Å². The maximum Gasteiger partial charge on any atom is 0.0895 e. The van der Waals surface area contributed by atoms with Crippen LogP contribution in [0.15, 0.2) is 18.3 Å². The molecule has 0 bridgehead atoms. The zero-order valence-corrected chi connectivity index (χ0v) is 10.0. The van der Waals surface area contributed by atoms with Crippen molar-refractivity contribution in [2.45, 2.75) is 39.9 Å². The van der Waals surface area contributed by atoms with Crippen molar-refractivity contribution in [2.75, 3.05) is 11.9 Å². The van der Waals surface area contributed by atoms with Crippen molar-refractivity contribution in [1.29, 1.82) is 0 Å². The molecule has 0 fully saturated rings. The quantitative estimate of drug-likeness (QED) is 0.826. The monoisotopic (exact) mass is 208 g/mol. The van der Waals surface area contributed by atoms with Gasteiger partial charge < -0.3 is 10.1 Å². The Morgan fingerprint density at radius 2 is 2.13 bits per heavy atom. The van der Waals surface area contributed by atoms with Crippen LogP contribution in [0.1, 0.15) is 33.4 Å². The van der Waals surface area contributed by atoms with Crippen LogP contribution in [0.5, 0.6) is 0 Å². The van der Waals surface area contributed by atoms with E-state index < -0.39 is 0 Å². The summed E-state index contributed by atoms with van der Waals surface area (Å²) in [5.41, 5.74) is 1.94. The van der Waals surface area contributed by atoms with E-state index in [2.05, 4.69) is 17.2 Å². The molecule has 1 rings (SSSR count). The first kappa shape index (κ1) is 12.0. The van der Waals surface area contributed by atoms with Gasteiger partial charge in [0.05, 0.1) is 17.9 Å². The number of aromatic nitrogens is 1. The maximum atomic E-state index is 5.66. The van der Waals surface area contributed by atoms with Crippen LogP contribution in [0.4, 0.5) is 5.69 Å². The molecule has 84 valence electrons. The number of anilines is 1. The third-order valence-corrected chi connectivity index (χ3v) is 1.85. The van der Waals surface area contributed by atoms with Gasteiger partial charge in [0.1, 0.15) is 0 Å². The van der Waals surface area contributed by atoms with Gasteiger partial charge in [0, 0.05) is 18.4 Å². The number of nitrogens with zero attached hydrogens (tertiary/aromatic N) is 1. The number of hydrogen-bond acceptors (Lipinski definition) is 3. The normalized spacial score (nSPS) is 11.5. The Morgan fingerprint density at radius 3 is 2.73 bits per heavy atom. The van der Waals surface area contributed by atoms with Crippen molar-refractivity contribution in [3.05, 3.63) is 24.0 Å². The molecule has 1 N–H and O–H groups in total. The Bertz CT molecular complexity index is 305. The van der Waals surface area contributed by atoms with E-state index in [-0.39, 0.29) is 5.60 Å². The third-order valence-electron chi connectivity index (χ3n) is 1.85. The van der Waals surface area contributed by atoms with E-state index in [0.29, 0.717) is 6.61 Å². The van der Waals surface area contributed by atoms with Gasteiger partial charge in [0.15, 0.2) is 0 Å². The fourth-order valence-corrected chi connectivity index (χ4v) is 1.16. The van der Waals surface area contributed by atoms with Crippen LogP contribution in [0.25, 0.3) is 0 Å². The summed E-state index contributed by atoms with van der Waals surface area (Å²) in [4.78, 5) is 4.26. The van der Waals surface area contributed by atoms with Crippen molar-refractivity contribution in [2.24, 2.45) is 0 Å². The van der Waals surface area contributed by atoms with Gasteiger partial charge in [-0.25, -0.2) is 0 Å². The zero-order chi connectivity index (χ0) is 11.3. The van der Waals surface area contributed by atoms with Crippen LogP contribution in [-0.4, -0.2) is 17.1 Å². The summed E-state index contributed by atoms with van der Waals surface area (Å²) in [5, 5.41) is 3.25. The average Bonchev–Trinajstić information content (AvgIpc) is 2.15. The summed E-state index contributed by atoms with van der Waals surface area (Å²) in [5.74, 6) is 0. The number of ether oxygens (including phenoxy) is 1. The number of rotatable bonds is 4. The first-order valence-corrected chi connectivity index (χ1v) is 5.34. The minimum atomic E-state index is -0.115. The molecule has 0 saturated carbocycles. The highest BCUT2D eigenvalue weighted by atomic mass is 16.5. The van der Waals surface area contributed by atoms with Crippen LogP contribution in [0.2, 0.25) is 0 Å². The van der Waals surface area contributed by atoms with Gasteiger partial charge in [-0.1, -0.05) is 0 Å². The third kappa shape index (κ3) is 4.79. The van der Waals surface area contributed by atoms with Gasteiger partial charge in [0.25, 0.3) is 0 Å². The molecule has 0 radical (unpaired) electrons. The molecule has 1 aromatic rings. The molecular formula is C12H20N2O. The molecule has 0 spiro atoms. The number of hydrogen-bond donors (Lipinski definition) is 1. The molecule has 15 heavy (non-hydrogen) atoms. The lowest BCUT2D eigenvalue weighted by atomic mass is 10.2. The summed E-state index contributed by atoms with van der Waals surface area (Å²) in [6.45, 7) is 9.68. The van der Waals surface area contributed by atoms with Crippen molar-refractivity contribution in [1.82, 2.24) is 4.98 Å². The van der Waals surface area contributed by atoms with Crippen LogP contribution in [-0.2, 0) is 11.3 Å². The second-order valence-corrected chi connectivity index (χ2v) is 4.47. The highest BCUT2D eigenvalue weighted by molar-refractivity contribution is 5.42. The second kappa shape index (κ2) is 5.12. The minimum absolute atomic E-state index is 0.115. The molecule has 0 aromatic carbocycles. The molecule has 0 aliphatic carbocycles. The fraction of sp³-hybridized carbons (Fsp3) is 0.583. The average molecular weight is 208 g/mol. The van der Waals surface area contributed by atoms with E-state index in [9.17, 15) is 0 Å². The molecule has 3 nitrogen and oxygen atoms in total. The Kier molecular flexibility index (Phi) is 4.09. The molecule has 0 aliphatic heterocycles. The van der Waals surface area contributed by atoms with E-state index >= 15 is 0 Å². The summed E-state index contributed by atoms with van der Waals surface area (Å²) in [6, 6.07) is 3.99. The van der Waals surface area contributed by atoms with E-state index in [1.165, 1.54) is 0 Å². The van der Waals surface area contributed by atoms with Crippen molar-refractivity contribution in [3.8, 4) is 0 Å². The van der Waals surface area contributed by atoms with Crippen LogP contribution in [0, 0.1) is 0 Å². The Hall–Kier alpha value is -1.09. The summed E-state index contributed by atoms with van der Waals surface area (Å²) >= 11 is 0. The minimum Gasteiger partial charge on any atom is -0.385 e. The number of pyridine rings is 1. The van der Waals surface area contributed by atoms with Gasteiger partial charge in [-0.05, 0) is 39.8 Å². The molecule has 3 heteroatoms. The fourth-order valence-electron chi connectivity index (χ4n) is 1.16. The molecule has 1 heterocycles. The number of nitrogens with one attached hydrogen (secondary N) is 1. The van der Waals surface area contributed by atoms with Crippen LogP contribution in [0.3, 0.4) is 0 Å². The summed E-state index contributed by atoms with van der Waals surface area (Å²) in [6.07, 6.45) is 1.80.